The first-order chi connectivity index (χ1) is 11.1. The highest BCUT2D eigenvalue weighted by atomic mass is 19.1. The molecule has 0 spiro atoms. The van der Waals surface area contributed by atoms with E-state index < -0.39 is 5.82 Å². The molecule has 0 aliphatic carbocycles. The summed E-state index contributed by atoms with van der Waals surface area (Å²) in [6.45, 7) is 1.58. The van der Waals surface area contributed by atoms with Gasteiger partial charge in [-0.25, -0.2) is 4.39 Å². The number of benzene rings is 1. The lowest BCUT2D eigenvalue weighted by molar-refractivity contribution is -0.116. The van der Waals surface area contributed by atoms with Crippen molar-refractivity contribution in [2.45, 2.75) is 13.5 Å². The Hall–Kier alpha value is -3.02. The first kappa shape index (κ1) is 14.9. The van der Waals surface area contributed by atoms with E-state index in [1.807, 2.05) is 0 Å². The first-order valence-corrected chi connectivity index (χ1v) is 7.05. The van der Waals surface area contributed by atoms with Gasteiger partial charge in [-0.3, -0.25) is 14.6 Å². The maximum atomic E-state index is 14.2. The van der Waals surface area contributed by atoms with Crippen molar-refractivity contribution in [1.29, 1.82) is 0 Å². The summed E-state index contributed by atoms with van der Waals surface area (Å²) < 4.78 is 15.7. The highest BCUT2D eigenvalue weighted by Gasteiger charge is 2.13. The number of aromatic nitrogens is 2. The fourth-order valence-electron chi connectivity index (χ4n) is 2.49. The van der Waals surface area contributed by atoms with E-state index in [0.717, 1.165) is 0 Å². The van der Waals surface area contributed by atoms with Crippen molar-refractivity contribution in [2.75, 3.05) is 5.32 Å². The van der Waals surface area contributed by atoms with E-state index in [9.17, 15) is 14.0 Å². The number of carbonyl (C=O) groups excluding carboxylic acids is 1. The minimum Gasteiger partial charge on any atom is -0.333 e. The number of hydrogen-bond donors (Lipinski definition) is 1. The second-order valence-corrected chi connectivity index (χ2v) is 5.16. The van der Waals surface area contributed by atoms with Gasteiger partial charge in [-0.1, -0.05) is 6.07 Å². The number of nitrogens with zero attached hydrogens (tertiary/aromatic N) is 2. The maximum absolute atomic E-state index is 14.2. The summed E-state index contributed by atoms with van der Waals surface area (Å²) in [5.41, 5.74) is 1.01. The van der Waals surface area contributed by atoms with Crippen LogP contribution >= 0.6 is 0 Å². The lowest BCUT2D eigenvalue weighted by Gasteiger charge is -2.15. The van der Waals surface area contributed by atoms with Crippen LogP contribution in [0.15, 0.2) is 53.6 Å². The third-order valence-corrected chi connectivity index (χ3v) is 3.55. The van der Waals surface area contributed by atoms with Gasteiger partial charge in [-0.05, 0) is 31.2 Å². The van der Waals surface area contributed by atoms with E-state index in [2.05, 4.69) is 10.3 Å². The Bertz CT molecular complexity index is 936. The monoisotopic (exact) mass is 311 g/mol. The number of aryl methyl sites for hydroxylation is 1. The van der Waals surface area contributed by atoms with Crippen LogP contribution < -0.4 is 10.7 Å². The molecule has 0 saturated carbocycles. The number of carbonyl (C=O) groups is 1. The fraction of sp³-hybridized carbons (Fsp3) is 0.118. The van der Waals surface area contributed by atoms with E-state index >= 15 is 0 Å². The zero-order valence-electron chi connectivity index (χ0n) is 12.4. The second-order valence-electron chi connectivity index (χ2n) is 5.16. The van der Waals surface area contributed by atoms with Crippen LogP contribution in [0.1, 0.15) is 5.69 Å². The zero-order valence-corrected chi connectivity index (χ0v) is 12.4. The Labute approximate surface area is 131 Å². The maximum Gasteiger partial charge on any atom is 0.244 e. The van der Waals surface area contributed by atoms with E-state index in [-0.39, 0.29) is 28.8 Å². The van der Waals surface area contributed by atoms with Gasteiger partial charge in [-0.15, -0.1) is 0 Å². The molecule has 2 aromatic heterocycles. The van der Waals surface area contributed by atoms with Gasteiger partial charge in [0.05, 0.1) is 5.52 Å². The van der Waals surface area contributed by atoms with Crippen molar-refractivity contribution in [3.8, 4) is 0 Å². The minimum atomic E-state index is -0.528. The molecule has 0 unspecified atom stereocenters. The Morgan fingerprint density at radius 3 is 2.74 bits per heavy atom. The third kappa shape index (κ3) is 2.96. The van der Waals surface area contributed by atoms with Crippen LogP contribution in [-0.2, 0) is 11.3 Å². The highest BCUT2D eigenvalue weighted by Crippen LogP contribution is 2.17. The van der Waals surface area contributed by atoms with Crippen LogP contribution in [0.4, 0.5) is 10.1 Å². The number of rotatable bonds is 3. The van der Waals surface area contributed by atoms with E-state index in [1.54, 1.807) is 37.5 Å². The average Bonchev–Trinajstić information content (AvgIpc) is 2.52. The summed E-state index contributed by atoms with van der Waals surface area (Å²) >= 11 is 0. The number of fused-ring (bicyclic) bond motifs is 1. The van der Waals surface area contributed by atoms with Crippen LogP contribution in [0.3, 0.4) is 0 Å². The van der Waals surface area contributed by atoms with Gasteiger partial charge in [0.2, 0.25) is 5.91 Å². The number of anilines is 1. The summed E-state index contributed by atoms with van der Waals surface area (Å²) in [6, 6.07) is 9.04. The van der Waals surface area contributed by atoms with Crippen LogP contribution in [-0.4, -0.2) is 15.5 Å². The summed E-state index contributed by atoms with van der Waals surface area (Å²) in [4.78, 5) is 28.1. The van der Waals surface area contributed by atoms with Crippen LogP contribution in [0.25, 0.3) is 10.9 Å². The normalized spacial score (nSPS) is 10.7. The van der Waals surface area contributed by atoms with Crippen molar-refractivity contribution in [1.82, 2.24) is 9.55 Å². The van der Waals surface area contributed by atoms with Crippen molar-refractivity contribution < 1.29 is 9.18 Å². The van der Waals surface area contributed by atoms with Gasteiger partial charge in [0, 0.05) is 35.2 Å². The smallest absolute Gasteiger partial charge is 0.244 e. The SMILES string of the molecule is Cc1cc(=O)c2cccc(F)c2n1CC(=O)Nc1ccncc1. The average molecular weight is 311 g/mol. The second kappa shape index (κ2) is 6.00. The minimum absolute atomic E-state index is 0.0914. The van der Waals surface area contributed by atoms with Crippen molar-refractivity contribution in [3.63, 3.8) is 0 Å². The van der Waals surface area contributed by atoms with Crippen LogP contribution in [0.2, 0.25) is 0 Å². The quantitative estimate of drug-likeness (QED) is 0.808. The molecule has 3 rings (SSSR count). The first-order valence-electron chi connectivity index (χ1n) is 7.05. The number of hydrogen-bond acceptors (Lipinski definition) is 3. The Balaban J connectivity index is 2.00. The number of amides is 1. The Morgan fingerprint density at radius 1 is 1.26 bits per heavy atom. The van der Waals surface area contributed by atoms with Gasteiger partial charge in [0.25, 0.3) is 0 Å². The molecule has 5 nitrogen and oxygen atoms in total. The predicted octanol–water partition coefficient (Wildman–Crippen LogP) is 2.48. The van der Waals surface area contributed by atoms with Gasteiger partial charge in [0.1, 0.15) is 12.4 Å². The molecular formula is C17H14FN3O2. The molecule has 0 saturated heterocycles. The molecule has 1 N–H and O–H groups in total. The Morgan fingerprint density at radius 2 is 2.00 bits per heavy atom. The topological polar surface area (TPSA) is 64.0 Å². The largest absolute Gasteiger partial charge is 0.333 e. The van der Waals surface area contributed by atoms with E-state index in [0.29, 0.717) is 11.4 Å². The summed E-state index contributed by atoms with van der Waals surface area (Å²) in [7, 11) is 0. The number of pyridine rings is 2. The standard InChI is InChI=1S/C17H14FN3O2/c1-11-9-15(22)13-3-2-4-14(18)17(13)21(11)10-16(23)20-12-5-7-19-8-6-12/h2-9H,10H2,1H3,(H,19,20,23). The number of halogens is 1. The molecule has 0 fully saturated rings. The summed E-state index contributed by atoms with van der Waals surface area (Å²) in [5, 5.41) is 2.97. The highest BCUT2D eigenvalue weighted by molar-refractivity contribution is 5.91. The number of nitrogens with one attached hydrogen (secondary N) is 1. The molecule has 0 atom stereocenters. The van der Waals surface area contributed by atoms with Crippen LogP contribution in [0.5, 0.6) is 0 Å². The molecule has 0 aliphatic rings. The zero-order chi connectivity index (χ0) is 16.4. The molecule has 23 heavy (non-hydrogen) atoms. The van der Waals surface area contributed by atoms with Crippen molar-refractivity contribution in [2.24, 2.45) is 0 Å². The number of para-hydroxylation sites is 1. The van der Waals surface area contributed by atoms with Crippen molar-refractivity contribution >= 4 is 22.5 Å². The van der Waals surface area contributed by atoms with Gasteiger partial charge in [0.15, 0.2) is 5.43 Å². The molecule has 1 amide bonds. The summed E-state index contributed by atoms with van der Waals surface area (Å²) in [6.07, 6.45) is 3.13. The third-order valence-electron chi connectivity index (χ3n) is 3.55. The predicted molar refractivity (Wildman–Crippen MR) is 85.8 cm³/mol. The lowest BCUT2D eigenvalue weighted by atomic mass is 10.1. The van der Waals surface area contributed by atoms with Crippen LogP contribution in [0, 0.1) is 12.7 Å². The molecule has 2 heterocycles. The van der Waals surface area contributed by atoms with Crippen molar-refractivity contribution in [3.05, 3.63) is 70.5 Å². The van der Waals surface area contributed by atoms with Gasteiger partial charge < -0.3 is 9.88 Å². The van der Waals surface area contributed by atoms with Gasteiger partial charge >= 0.3 is 0 Å². The molecule has 6 heteroatoms. The lowest BCUT2D eigenvalue weighted by Crippen LogP contribution is -2.22. The Kier molecular flexibility index (Phi) is 3.89. The molecule has 0 bridgehead atoms. The van der Waals surface area contributed by atoms with E-state index in [4.69, 9.17) is 0 Å². The molecule has 1 aromatic carbocycles. The molecule has 0 radical (unpaired) electrons. The van der Waals surface area contributed by atoms with E-state index in [1.165, 1.54) is 22.8 Å². The molecule has 3 aromatic rings. The molecule has 116 valence electrons. The van der Waals surface area contributed by atoms with Gasteiger partial charge in [-0.2, -0.15) is 0 Å². The summed E-state index contributed by atoms with van der Waals surface area (Å²) in [5.74, 6) is -0.840. The molecule has 0 aliphatic heterocycles. The fourth-order valence-corrected chi connectivity index (χ4v) is 2.49. The molecular weight excluding hydrogens is 297 g/mol.